The van der Waals surface area contributed by atoms with E-state index in [2.05, 4.69) is 51.2 Å². The van der Waals surface area contributed by atoms with E-state index in [1.165, 1.54) is 11.1 Å². The molecule has 1 N–H and O–H groups in total. The summed E-state index contributed by atoms with van der Waals surface area (Å²) in [6.45, 7) is 9.02. The van der Waals surface area contributed by atoms with Crippen LogP contribution in [-0.2, 0) is 4.79 Å². The number of hydrogen-bond acceptors (Lipinski definition) is 2. The third-order valence-corrected chi connectivity index (χ3v) is 3.10. The number of nitrogens with zero attached hydrogens (tertiary/aromatic N) is 1. The van der Waals surface area contributed by atoms with Crippen molar-refractivity contribution in [3.05, 3.63) is 29.3 Å². The van der Waals surface area contributed by atoms with E-state index in [-0.39, 0.29) is 5.91 Å². The summed E-state index contributed by atoms with van der Waals surface area (Å²) in [5, 5.41) is 3.09. The van der Waals surface area contributed by atoms with Gasteiger partial charge in [0.1, 0.15) is 0 Å². The minimum absolute atomic E-state index is 0.0417. The molecule has 0 saturated carbocycles. The predicted molar refractivity (Wildman–Crippen MR) is 81.8 cm³/mol. The summed E-state index contributed by atoms with van der Waals surface area (Å²) < 4.78 is 0. The zero-order chi connectivity index (χ0) is 14.6. The molecule has 0 radical (unpaired) electrons. The van der Waals surface area contributed by atoms with Crippen LogP contribution in [0.4, 0.5) is 5.69 Å². The Morgan fingerprint density at radius 2 is 1.58 bits per heavy atom. The standard InChI is InChI=1S/C16H26N2O/c1-11(2)13-8-7-9-14(12(3)4)16(13)17-15(19)10-18(5)6/h7-9,11-12H,10H2,1-6H3,(H,17,19). The van der Waals surface area contributed by atoms with Gasteiger partial charge in [-0.25, -0.2) is 0 Å². The Bertz CT molecular complexity index is 410. The van der Waals surface area contributed by atoms with Crippen LogP contribution in [0.5, 0.6) is 0 Å². The van der Waals surface area contributed by atoms with Gasteiger partial charge in [-0.05, 0) is 37.1 Å². The van der Waals surface area contributed by atoms with Crippen LogP contribution in [0.2, 0.25) is 0 Å². The van der Waals surface area contributed by atoms with Crippen molar-refractivity contribution in [2.75, 3.05) is 26.0 Å². The second kappa shape index (κ2) is 6.71. The number of likely N-dealkylation sites (N-methyl/N-ethyl adjacent to an activating group) is 1. The molecule has 1 rings (SSSR count). The Labute approximate surface area is 117 Å². The van der Waals surface area contributed by atoms with E-state index in [9.17, 15) is 4.79 Å². The van der Waals surface area contributed by atoms with E-state index >= 15 is 0 Å². The van der Waals surface area contributed by atoms with Crippen molar-refractivity contribution in [2.24, 2.45) is 0 Å². The SMILES string of the molecule is CC(C)c1cccc(C(C)C)c1NC(=O)CN(C)C. The summed E-state index contributed by atoms with van der Waals surface area (Å²) in [4.78, 5) is 13.9. The first kappa shape index (κ1) is 15.7. The van der Waals surface area contributed by atoms with Crippen LogP contribution in [0.3, 0.4) is 0 Å². The molecule has 1 amide bonds. The summed E-state index contributed by atoms with van der Waals surface area (Å²) in [7, 11) is 3.80. The Morgan fingerprint density at radius 3 is 1.95 bits per heavy atom. The fourth-order valence-corrected chi connectivity index (χ4v) is 2.16. The van der Waals surface area contributed by atoms with Gasteiger partial charge in [-0.3, -0.25) is 4.79 Å². The third kappa shape index (κ3) is 4.35. The molecule has 3 heteroatoms. The average molecular weight is 262 g/mol. The highest BCUT2D eigenvalue weighted by Crippen LogP contribution is 2.32. The monoisotopic (exact) mass is 262 g/mol. The number of para-hydroxylation sites is 1. The maximum Gasteiger partial charge on any atom is 0.238 e. The van der Waals surface area contributed by atoms with Crippen molar-refractivity contribution in [2.45, 2.75) is 39.5 Å². The lowest BCUT2D eigenvalue weighted by Crippen LogP contribution is -2.28. The molecule has 1 aromatic rings. The number of nitrogens with one attached hydrogen (secondary N) is 1. The molecular weight excluding hydrogens is 236 g/mol. The topological polar surface area (TPSA) is 32.3 Å². The van der Waals surface area contributed by atoms with Crippen molar-refractivity contribution in [1.29, 1.82) is 0 Å². The van der Waals surface area contributed by atoms with Gasteiger partial charge in [0.25, 0.3) is 0 Å². The van der Waals surface area contributed by atoms with Gasteiger partial charge in [-0.1, -0.05) is 45.9 Å². The lowest BCUT2D eigenvalue weighted by atomic mass is 9.92. The molecule has 0 aliphatic carbocycles. The summed E-state index contributed by atoms with van der Waals surface area (Å²) in [5.74, 6) is 0.835. The van der Waals surface area contributed by atoms with Crippen LogP contribution < -0.4 is 5.32 Å². The molecule has 1 aromatic carbocycles. The van der Waals surface area contributed by atoms with Crippen molar-refractivity contribution in [3.63, 3.8) is 0 Å². The smallest absolute Gasteiger partial charge is 0.238 e. The fraction of sp³-hybridized carbons (Fsp3) is 0.562. The maximum atomic E-state index is 12.0. The molecule has 0 heterocycles. The zero-order valence-corrected chi connectivity index (χ0v) is 12.9. The molecule has 3 nitrogen and oxygen atoms in total. The highest BCUT2D eigenvalue weighted by Gasteiger charge is 2.15. The van der Waals surface area contributed by atoms with Crippen molar-refractivity contribution in [1.82, 2.24) is 4.90 Å². The fourth-order valence-electron chi connectivity index (χ4n) is 2.16. The van der Waals surface area contributed by atoms with Crippen molar-refractivity contribution in [3.8, 4) is 0 Å². The maximum absolute atomic E-state index is 12.0. The molecule has 0 fully saturated rings. The lowest BCUT2D eigenvalue weighted by molar-refractivity contribution is -0.116. The summed E-state index contributed by atoms with van der Waals surface area (Å²) in [6, 6.07) is 6.27. The van der Waals surface area contributed by atoms with Crippen molar-refractivity contribution < 1.29 is 4.79 Å². The Kier molecular flexibility index (Phi) is 5.55. The van der Waals surface area contributed by atoms with Gasteiger partial charge in [0.05, 0.1) is 6.54 Å². The first-order valence-corrected chi connectivity index (χ1v) is 6.90. The number of benzene rings is 1. The normalized spacial score (nSPS) is 11.4. The number of carbonyl (C=O) groups excluding carboxylic acids is 1. The van der Waals surface area contributed by atoms with Crippen LogP contribution in [-0.4, -0.2) is 31.4 Å². The van der Waals surface area contributed by atoms with Gasteiger partial charge < -0.3 is 10.2 Å². The predicted octanol–water partition coefficient (Wildman–Crippen LogP) is 3.43. The minimum atomic E-state index is 0.0417. The van der Waals surface area contributed by atoms with E-state index in [0.717, 1.165) is 5.69 Å². The van der Waals surface area contributed by atoms with E-state index in [1.54, 1.807) is 0 Å². The molecule has 0 unspecified atom stereocenters. The van der Waals surface area contributed by atoms with Gasteiger partial charge >= 0.3 is 0 Å². The molecule has 19 heavy (non-hydrogen) atoms. The molecule has 106 valence electrons. The van der Waals surface area contributed by atoms with Gasteiger partial charge in [0, 0.05) is 5.69 Å². The zero-order valence-electron chi connectivity index (χ0n) is 12.9. The van der Waals surface area contributed by atoms with Gasteiger partial charge in [0.15, 0.2) is 0 Å². The molecule has 0 aliphatic rings. The second-order valence-corrected chi connectivity index (χ2v) is 5.91. The largest absolute Gasteiger partial charge is 0.324 e. The number of carbonyl (C=O) groups is 1. The van der Waals surface area contributed by atoms with Crippen LogP contribution in [0.15, 0.2) is 18.2 Å². The molecule has 0 aliphatic heterocycles. The Balaban J connectivity index is 3.11. The lowest BCUT2D eigenvalue weighted by Gasteiger charge is -2.21. The Hall–Kier alpha value is -1.35. The summed E-state index contributed by atoms with van der Waals surface area (Å²) >= 11 is 0. The third-order valence-electron chi connectivity index (χ3n) is 3.10. The van der Waals surface area contributed by atoms with Gasteiger partial charge in [-0.15, -0.1) is 0 Å². The van der Waals surface area contributed by atoms with E-state index in [4.69, 9.17) is 0 Å². The molecule has 0 atom stereocenters. The quantitative estimate of drug-likeness (QED) is 0.881. The summed E-state index contributed by atoms with van der Waals surface area (Å²) in [5.41, 5.74) is 3.41. The molecular formula is C16H26N2O. The van der Waals surface area contributed by atoms with E-state index < -0.39 is 0 Å². The minimum Gasteiger partial charge on any atom is -0.324 e. The first-order valence-electron chi connectivity index (χ1n) is 6.90. The number of anilines is 1. The Morgan fingerprint density at radius 1 is 1.11 bits per heavy atom. The van der Waals surface area contributed by atoms with Gasteiger partial charge in [0.2, 0.25) is 5.91 Å². The highest BCUT2D eigenvalue weighted by molar-refractivity contribution is 5.94. The van der Waals surface area contributed by atoms with Crippen molar-refractivity contribution >= 4 is 11.6 Å². The van der Waals surface area contributed by atoms with Gasteiger partial charge in [-0.2, -0.15) is 0 Å². The summed E-state index contributed by atoms with van der Waals surface area (Å²) in [6.07, 6.45) is 0. The van der Waals surface area contributed by atoms with Crippen LogP contribution in [0.25, 0.3) is 0 Å². The molecule has 0 saturated heterocycles. The highest BCUT2D eigenvalue weighted by atomic mass is 16.2. The number of amides is 1. The molecule has 0 aromatic heterocycles. The molecule has 0 bridgehead atoms. The average Bonchev–Trinajstić information content (AvgIpc) is 2.27. The first-order chi connectivity index (χ1) is 8.82. The second-order valence-electron chi connectivity index (χ2n) is 5.91. The van der Waals surface area contributed by atoms with Crippen LogP contribution in [0, 0.1) is 0 Å². The van der Waals surface area contributed by atoms with E-state index in [1.807, 2.05) is 19.0 Å². The molecule has 0 spiro atoms. The number of hydrogen-bond donors (Lipinski definition) is 1. The van der Waals surface area contributed by atoms with E-state index in [0.29, 0.717) is 18.4 Å². The van der Waals surface area contributed by atoms with Crippen LogP contribution in [0.1, 0.15) is 50.7 Å². The van der Waals surface area contributed by atoms with Crippen LogP contribution >= 0.6 is 0 Å². The number of rotatable bonds is 5.